The van der Waals surface area contributed by atoms with Crippen LogP contribution in [0.15, 0.2) is 84.9 Å². The first kappa shape index (κ1) is 18.8. The van der Waals surface area contributed by atoms with Gasteiger partial charge >= 0.3 is 0 Å². The average molecular weight is 410 g/mol. The van der Waals surface area contributed by atoms with Gasteiger partial charge in [-0.3, -0.25) is 0 Å². The van der Waals surface area contributed by atoms with Gasteiger partial charge in [-0.25, -0.2) is 12.4 Å². The van der Waals surface area contributed by atoms with Crippen LogP contribution < -0.4 is 0 Å². The highest BCUT2D eigenvalue weighted by molar-refractivity contribution is 7.89. The predicted molar refractivity (Wildman–Crippen MR) is 116 cm³/mol. The standard InChI is InChI=1S/C23H20ClNO2S/c1-28(26,27)25-22-15-9-8-14-19(22)20(23(25)18-12-6-3-7-13-18)16-21(24)17-10-4-2-5-11-17/h2-15,21H,16H2,1H3. The van der Waals surface area contributed by atoms with Gasteiger partial charge in [0.2, 0.25) is 10.0 Å². The molecule has 5 heteroatoms. The number of rotatable bonds is 5. The van der Waals surface area contributed by atoms with Crippen molar-refractivity contribution in [2.45, 2.75) is 11.8 Å². The predicted octanol–water partition coefficient (Wildman–Crippen LogP) is 5.64. The molecule has 0 aliphatic rings. The minimum absolute atomic E-state index is 0.262. The van der Waals surface area contributed by atoms with Gasteiger partial charge in [0.25, 0.3) is 0 Å². The van der Waals surface area contributed by atoms with Gasteiger partial charge in [-0.05, 0) is 29.2 Å². The van der Waals surface area contributed by atoms with E-state index in [0.717, 1.165) is 22.1 Å². The molecular formula is C23H20ClNO2S. The molecule has 1 atom stereocenters. The quantitative estimate of drug-likeness (QED) is 0.400. The van der Waals surface area contributed by atoms with Crippen LogP contribution in [0.5, 0.6) is 0 Å². The van der Waals surface area contributed by atoms with E-state index in [-0.39, 0.29) is 5.38 Å². The first-order valence-electron chi connectivity index (χ1n) is 9.04. The summed E-state index contributed by atoms with van der Waals surface area (Å²) >= 11 is 6.77. The molecular weight excluding hydrogens is 390 g/mol. The lowest BCUT2D eigenvalue weighted by atomic mass is 9.98. The smallest absolute Gasteiger partial charge is 0.236 e. The molecule has 0 N–H and O–H groups in total. The van der Waals surface area contributed by atoms with E-state index >= 15 is 0 Å². The van der Waals surface area contributed by atoms with E-state index < -0.39 is 10.0 Å². The Morgan fingerprint density at radius 3 is 2.07 bits per heavy atom. The molecule has 4 aromatic rings. The van der Waals surface area contributed by atoms with Gasteiger partial charge in [-0.1, -0.05) is 78.9 Å². The fourth-order valence-electron chi connectivity index (χ4n) is 3.67. The van der Waals surface area contributed by atoms with E-state index in [2.05, 4.69) is 0 Å². The molecule has 0 amide bonds. The number of halogens is 1. The Bertz CT molecular complexity index is 1220. The third-order valence-corrected chi connectivity index (χ3v) is 6.31. The first-order chi connectivity index (χ1) is 13.5. The molecule has 0 aliphatic heterocycles. The summed E-state index contributed by atoms with van der Waals surface area (Å²) in [5.74, 6) is 0. The van der Waals surface area contributed by atoms with Crippen molar-refractivity contribution in [2.75, 3.05) is 6.26 Å². The molecule has 3 aromatic carbocycles. The van der Waals surface area contributed by atoms with Crippen LogP contribution in [0.4, 0.5) is 0 Å². The van der Waals surface area contributed by atoms with E-state index in [1.54, 1.807) is 0 Å². The highest BCUT2D eigenvalue weighted by Gasteiger charge is 2.25. The van der Waals surface area contributed by atoms with Gasteiger partial charge < -0.3 is 0 Å². The van der Waals surface area contributed by atoms with Gasteiger partial charge in [-0.15, -0.1) is 11.6 Å². The molecule has 3 nitrogen and oxygen atoms in total. The second-order valence-corrected chi connectivity index (χ2v) is 9.18. The Balaban J connectivity index is 1.99. The maximum Gasteiger partial charge on any atom is 0.236 e. The highest BCUT2D eigenvalue weighted by Crippen LogP contribution is 2.38. The lowest BCUT2D eigenvalue weighted by Gasteiger charge is -2.14. The minimum Gasteiger partial charge on any atom is -0.237 e. The number of hydrogen-bond acceptors (Lipinski definition) is 2. The van der Waals surface area contributed by atoms with Crippen LogP contribution in [0.25, 0.3) is 22.2 Å². The first-order valence-corrected chi connectivity index (χ1v) is 11.3. The number of nitrogens with zero attached hydrogens (tertiary/aromatic N) is 1. The maximum absolute atomic E-state index is 12.7. The van der Waals surface area contributed by atoms with Crippen molar-refractivity contribution in [2.24, 2.45) is 0 Å². The molecule has 4 rings (SSSR count). The summed E-state index contributed by atoms with van der Waals surface area (Å²) < 4.78 is 26.9. The van der Waals surface area contributed by atoms with Crippen molar-refractivity contribution >= 4 is 32.5 Å². The van der Waals surface area contributed by atoms with Gasteiger partial charge in [0.05, 0.1) is 22.8 Å². The summed E-state index contributed by atoms with van der Waals surface area (Å²) in [5, 5.41) is 0.649. The van der Waals surface area contributed by atoms with Crippen molar-refractivity contribution in [3.63, 3.8) is 0 Å². The van der Waals surface area contributed by atoms with E-state index in [4.69, 9.17) is 11.6 Å². The Hall–Kier alpha value is -2.56. The fraction of sp³-hybridized carbons (Fsp3) is 0.130. The Morgan fingerprint density at radius 1 is 0.857 bits per heavy atom. The van der Waals surface area contributed by atoms with Crippen molar-refractivity contribution in [3.8, 4) is 11.3 Å². The number of para-hydroxylation sites is 1. The summed E-state index contributed by atoms with van der Waals surface area (Å²) in [4.78, 5) is 0. The highest BCUT2D eigenvalue weighted by atomic mass is 35.5. The monoisotopic (exact) mass is 409 g/mol. The third-order valence-electron chi connectivity index (χ3n) is 4.86. The van der Waals surface area contributed by atoms with Crippen LogP contribution in [0.1, 0.15) is 16.5 Å². The second kappa shape index (κ2) is 7.46. The van der Waals surface area contributed by atoms with E-state index in [0.29, 0.717) is 17.6 Å². The Morgan fingerprint density at radius 2 is 1.43 bits per heavy atom. The summed E-state index contributed by atoms with van der Waals surface area (Å²) in [5.41, 5.74) is 4.17. The SMILES string of the molecule is CS(=O)(=O)n1c(-c2ccccc2)c(CC(Cl)c2ccccc2)c2ccccc21. The molecule has 0 saturated heterocycles. The Kier molecular flexibility index (Phi) is 5.00. The number of alkyl halides is 1. The van der Waals surface area contributed by atoms with Crippen molar-refractivity contribution < 1.29 is 8.42 Å². The number of benzene rings is 3. The second-order valence-electron chi connectivity index (χ2n) is 6.82. The van der Waals surface area contributed by atoms with Crippen LogP contribution >= 0.6 is 11.6 Å². The minimum atomic E-state index is -3.51. The number of aromatic nitrogens is 1. The maximum atomic E-state index is 12.7. The normalized spacial score (nSPS) is 12.9. The summed E-state index contributed by atoms with van der Waals surface area (Å²) in [6.07, 6.45) is 1.77. The van der Waals surface area contributed by atoms with Crippen LogP contribution in [0.2, 0.25) is 0 Å². The molecule has 28 heavy (non-hydrogen) atoms. The van der Waals surface area contributed by atoms with Gasteiger partial charge in [0, 0.05) is 5.39 Å². The van der Waals surface area contributed by atoms with Gasteiger partial charge in [0.1, 0.15) is 0 Å². The molecule has 1 heterocycles. The lowest BCUT2D eigenvalue weighted by Crippen LogP contribution is -2.12. The lowest BCUT2D eigenvalue weighted by molar-refractivity contribution is 0.595. The molecule has 0 bridgehead atoms. The molecule has 1 unspecified atom stereocenters. The molecule has 0 fully saturated rings. The van der Waals surface area contributed by atoms with E-state index in [1.807, 2.05) is 84.9 Å². The molecule has 142 valence electrons. The van der Waals surface area contributed by atoms with Crippen LogP contribution in [0, 0.1) is 0 Å². The zero-order chi connectivity index (χ0) is 19.7. The zero-order valence-electron chi connectivity index (χ0n) is 15.4. The summed E-state index contributed by atoms with van der Waals surface area (Å²) in [6, 6.07) is 27.1. The fourth-order valence-corrected chi connectivity index (χ4v) is 5.04. The topological polar surface area (TPSA) is 39.1 Å². The van der Waals surface area contributed by atoms with Gasteiger partial charge in [-0.2, -0.15) is 0 Å². The third kappa shape index (κ3) is 3.46. The Labute approximate surface area is 170 Å². The number of fused-ring (bicyclic) bond motifs is 1. The molecule has 0 spiro atoms. The summed E-state index contributed by atoms with van der Waals surface area (Å²) in [6.45, 7) is 0. The van der Waals surface area contributed by atoms with Crippen molar-refractivity contribution in [1.29, 1.82) is 0 Å². The van der Waals surface area contributed by atoms with E-state index in [9.17, 15) is 8.42 Å². The molecule has 0 radical (unpaired) electrons. The molecule has 0 saturated carbocycles. The van der Waals surface area contributed by atoms with Crippen LogP contribution in [-0.2, 0) is 16.4 Å². The molecule has 0 aliphatic carbocycles. The number of hydrogen-bond donors (Lipinski definition) is 0. The van der Waals surface area contributed by atoms with Crippen LogP contribution in [-0.4, -0.2) is 18.6 Å². The van der Waals surface area contributed by atoms with E-state index in [1.165, 1.54) is 10.2 Å². The largest absolute Gasteiger partial charge is 0.237 e. The molecule has 1 aromatic heterocycles. The average Bonchev–Trinajstić information content (AvgIpc) is 3.04. The van der Waals surface area contributed by atoms with Gasteiger partial charge in [0.15, 0.2) is 0 Å². The van der Waals surface area contributed by atoms with Crippen molar-refractivity contribution in [1.82, 2.24) is 3.97 Å². The van der Waals surface area contributed by atoms with Crippen molar-refractivity contribution in [3.05, 3.63) is 96.1 Å². The van der Waals surface area contributed by atoms with Crippen LogP contribution in [0.3, 0.4) is 0 Å². The zero-order valence-corrected chi connectivity index (χ0v) is 17.0. The summed E-state index contributed by atoms with van der Waals surface area (Å²) in [7, 11) is -3.51.